The van der Waals surface area contributed by atoms with E-state index in [4.69, 9.17) is 16.9 Å². The molecule has 0 bridgehead atoms. The quantitative estimate of drug-likeness (QED) is 0.737. The van der Waals surface area contributed by atoms with E-state index >= 15 is 0 Å². The van der Waals surface area contributed by atoms with Crippen LogP contribution in [0, 0.1) is 11.3 Å². The van der Waals surface area contributed by atoms with E-state index in [1.165, 1.54) is 0 Å². The van der Waals surface area contributed by atoms with Gasteiger partial charge in [0.2, 0.25) is 0 Å². The van der Waals surface area contributed by atoms with Crippen LogP contribution in [0.5, 0.6) is 0 Å². The van der Waals surface area contributed by atoms with Crippen LogP contribution >= 0.6 is 11.6 Å². The number of hydrogen-bond donors (Lipinski definition) is 0. The molecule has 4 heteroatoms. The Bertz CT molecular complexity index is 520. The maximum Gasteiger partial charge on any atom is 0.163 e. The van der Waals surface area contributed by atoms with Crippen molar-refractivity contribution in [2.45, 2.75) is 0 Å². The van der Waals surface area contributed by atoms with E-state index in [0.29, 0.717) is 10.7 Å². The van der Waals surface area contributed by atoms with Gasteiger partial charge in [0.05, 0.1) is 5.69 Å². The van der Waals surface area contributed by atoms with Gasteiger partial charge in [0.1, 0.15) is 6.07 Å². The number of rotatable bonds is 1. The molecule has 0 fully saturated rings. The Kier molecular flexibility index (Phi) is 2.44. The first-order valence-corrected chi connectivity index (χ1v) is 4.78. The lowest BCUT2D eigenvalue weighted by Crippen LogP contribution is -1.93. The van der Waals surface area contributed by atoms with Crippen LogP contribution in [-0.4, -0.2) is 9.78 Å². The van der Waals surface area contributed by atoms with Gasteiger partial charge < -0.3 is 0 Å². The summed E-state index contributed by atoms with van der Waals surface area (Å²) in [6, 6.07) is 11.2. The summed E-state index contributed by atoms with van der Waals surface area (Å²) in [7, 11) is 1.81. The second-order valence-corrected chi connectivity index (χ2v) is 3.59. The monoisotopic (exact) mass is 217 g/mol. The van der Waals surface area contributed by atoms with Crippen molar-refractivity contribution < 1.29 is 0 Å². The molecule has 0 saturated carbocycles. The van der Waals surface area contributed by atoms with Gasteiger partial charge in [0.25, 0.3) is 0 Å². The van der Waals surface area contributed by atoms with Crippen LogP contribution in [0.2, 0.25) is 5.02 Å². The molecule has 0 aliphatic carbocycles. The van der Waals surface area contributed by atoms with Crippen molar-refractivity contribution in [3.63, 3.8) is 0 Å². The van der Waals surface area contributed by atoms with Crippen LogP contribution < -0.4 is 0 Å². The number of benzene rings is 1. The third kappa shape index (κ3) is 1.85. The van der Waals surface area contributed by atoms with Crippen LogP contribution in [0.25, 0.3) is 11.3 Å². The fourth-order valence-electron chi connectivity index (χ4n) is 1.41. The minimum absolute atomic E-state index is 0.419. The zero-order chi connectivity index (χ0) is 10.8. The molecule has 15 heavy (non-hydrogen) atoms. The SMILES string of the molecule is Cn1nc(C#N)cc1-c1ccc(Cl)cc1. The summed E-state index contributed by atoms with van der Waals surface area (Å²) in [4.78, 5) is 0. The second-order valence-electron chi connectivity index (χ2n) is 3.16. The van der Waals surface area contributed by atoms with E-state index in [0.717, 1.165) is 11.3 Å². The predicted molar refractivity (Wildman–Crippen MR) is 58.4 cm³/mol. The molecule has 0 atom stereocenters. The van der Waals surface area contributed by atoms with Gasteiger partial charge in [-0.3, -0.25) is 4.68 Å². The normalized spacial score (nSPS) is 9.93. The van der Waals surface area contributed by atoms with E-state index in [2.05, 4.69) is 5.10 Å². The van der Waals surface area contributed by atoms with Crippen molar-refractivity contribution >= 4 is 11.6 Å². The van der Waals surface area contributed by atoms with Gasteiger partial charge in [-0.25, -0.2) is 0 Å². The smallest absolute Gasteiger partial charge is 0.163 e. The maximum atomic E-state index is 8.72. The fraction of sp³-hybridized carbons (Fsp3) is 0.0909. The molecule has 1 aromatic heterocycles. The molecule has 0 N–H and O–H groups in total. The molecule has 0 aliphatic heterocycles. The summed E-state index contributed by atoms with van der Waals surface area (Å²) >= 11 is 5.80. The number of aryl methyl sites for hydroxylation is 1. The van der Waals surface area contributed by atoms with Crippen LogP contribution in [0.15, 0.2) is 30.3 Å². The van der Waals surface area contributed by atoms with Crippen LogP contribution in [-0.2, 0) is 7.05 Å². The molecule has 0 aliphatic rings. The van der Waals surface area contributed by atoms with Crippen molar-refractivity contribution in [1.29, 1.82) is 5.26 Å². The largest absolute Gasteiger partial charge is 0.267 e. The first-order valence-electron chi connectivity index (χ1n) is 4.41. The molecule has 0 spiro atoms. The molecule has 2 aromatic rings. The number of halogens is 1. The standard InChI is InChI=1S/C11H8ClN3/c1-15-11(6-10(7-13)14-15)8-2-4-9(12)5-3-8/h2-6H,1H3. The lowest BCUT2D eigenvalue weighted by molar-refractivity contribution is 0.771. The summed E-state index contributed by atoms with van der Waals surface area (Å²) in [6.07, 6.45) is 0. The minimum atomic E-state index is 0.419. The Morgan fingerprint density at radius 2 is 2.00 bits per heavy atom. The van der Waals surface area contributed by atoms with Crippen LogP contribution in [0.4, 0.5) is 0 Å². The predicted octanol–water partition coefficient (Wildman–Crippen LogP) is 2.61. The van der Waals surface area contributed by atoms with Crippen molar-refractivity contribution in [3.8, 4) is 17.3 Å². The molecule has 74 valence electrons. The molecule has 0 radical (unpaired) electrons. The van der Waals surface area contributed by atoms with Crippen LogP contribution in [0.1, 0.15) is 5.69 Å². The van der Waals surface area contributed by atoms with Crippen molar-refractivity contribution in [3.05, 3.63) is 41.0 Å². The molecule has 0 amide bonds. The minimum Gasteiger partial charge on any atom is -0.267 e. The molecule has 1 heterocycles. The highest BCUT2D eigenvalue weighted by molar-refractivity contribution is 6.30. The first kappa shape index (κ1) is 9.75. The zero-order valence-electron chi connectivity index (χ0n) is 8.11. The molecule has 3 nitrogen and oxygen atoms in total. The third-order valence-corrected chi connectivity index (χ3v) is 2.39. The Morgan fingerprint density at radius 1 is 1.33 bits per heavy atom. The lowest BCUT2D eigenvalue weighted by atomic mass is 10.1. The van der Waals surface area contributed by atoms with Crippen molar-refractivity contribution in [2.75, 3.05) is 0 Å². The van der Waals surface area contributed by atoms with Gasteiger partial charge in [-0.05, 0) is 17.7 Å². The lowest BCUT2D eigenvalue weighted by Gasteiger charge is -2.00. The number of aromatic nitrogens is 2. The van der Waals surface area contributed by atoms with E-state index in [-0.39, 0.29) is 0 Å². The first-order chi connectivity index (χ1) is 7.20. The zero-order valence-corrected chi connectivity index (χ0v) is 8.86. The van der Waals surface area contributed by atoms with Gasteiger partial charge >= 0.3 is 0 Å². The maximum absolute atomic E-state index is 8.72. The molecule has 0 unspecified atom stereocenters. The van der Waals surface area contributed by atoms with Gasteiger partial charge in [-0.1, -0.05) is 23.7 Å². The third-order valence-electron chi connectivity index (χ3n) is 2.13. The Hall–Kier alpha value is -1.79. The summed E-state index contributed by atoms with van der Waals surface area (Å²) in [5, 5.41) is 13.5. The topological polar surface area (TPSA) is 41.6 Å². The van der Waals surface area contributed by atoms with E-state index in [1.807, 2.05) is 37.4 Å². The Morgan fingerprint density at radius 3 is 2.53 bits per heavy atom. The number of nitrogens with zero attached hydrogens (tertiary/aromatic N) is 3. The fourth-order valence-corrected chi connectivity index (χ4v) is 1.54. The Balaban J connectivity index is 2.50. The average Bonchev–Trinajstić information content (AvgIpc) is 2.61. The molecular weight excluding hydrogens is 210 g/mol. The van der Waals surface area contributed by atoms with Crippen molar-refractivity contribution in [2.24, 2.45) is 7.05 Å². The van der Waals surface area contributed by atoms with Crippen LogP contribution in [0.3, 0.4) is 0 Å². The molecule has 2 rings (SSSR count). The highest BCUT2D eigenvalue weighted by Gasteiger charge is 2.06. The van der Waals surface area contributed by atoms with Gasteiger partial charge in [0, 0.05) is 18.1 Å². The van der Waals surface area contributed by atoms with Crippen molar-refractivity contribution in [1.82, 2.24) is 9.78 Å². The highest BCUT2D eigenvalue weighted by atomic mass is 35.5. The summed E-state index contributed by atoms with van der Waals surface area (Å²) in [6.45, 7) is 0. The summed E-state index contributed by atoms with van der Waals surface area (Å²) in [5.74, 6) is 0. The number of nitriles is 1. The Labute approximate surface area is 92.5 Å². The van der Waals surface area contributed by atoms with E-state index in [9.17, 15) is 0 Å². The molecule has 1 aromatic carbocycles. The van der Waals surface area contributed by atoms with Gasteiger partial charge in [-0.2, -0.15) is 10.4 Å². The highest BCUT2D eigenvalue weighted by Crippen LogP contribution is 2.21. The summed E-state index contributed by atoms with van der Waals surface area (Å²) < 4.78 is 1.68. The molecule has 0 saturated heterocycles. The number of hydrogen-bond acceptors (Lipinski definition) is 2. The van der Waals surface area contributed by atoms with Gasteiger partial charge in [-0.15, -0.1) is 0 Å². The van der Waals surface area contributed by atoms with Gasteiger partial charge in [0.15, 0.2) is 5.69 Å². The second kappa shape index (κ2) is 3.76. The van der Waals surface area contributed by atoms with E-state index in [1.54, 1.807) is 10.7 Å². The summed E-state index contributed by atoms with van der Waals surface area (Å²) in [5.41, 5.74) is 2.32. The molecular formula is C11H8ClN3. The van der Waals surface area contributed by atoms with E-state index < -0.39 is 0 Å². The average molecular weight is 218 g/mol.